The second-order valence-corrected chi connectivity index (χ2v) is 8.44. The predicted molar refractivity (Wildman–Crippen MR) is 113 cm³/mol. The average Bonchev–Trinajstić information content (AvgIpc) is 3.10. The van der Waals surface area contributed by atoms with Crippen LogP contribution in [0.1, 0.15) is 20.7 Å². The Morgan fingerprint density at radius 1 is 0.906 bits per heavy atom. The quantitative estimate of drug-likeness (QED) is 0.492. The molecular formula is C20H15ClN2O8S. The molecule has 0 aromatic heterocycles. The highest BCUT2D eigenvalue weighted by Gasteiger charge is 2.29. The molecule has 2 aromatic carbocycles. The Hall–Kier alpha value is -3.70. The molecule has 0 atom stereocenters. The van der Waals surface area contributed by atoms with E-state index in [0.717, 1.165) is 43.4 Å². The zero-order chi connectivity index (χ0) is 23.6. The molecule has 0 radical (unpaired) electrons. The van der Waals surface area contributed by atoms with Gasteiger partial charge in [0.2, 0.25) is 0 Å². The van der Waals surface area contributed by atoms with Gasteiger partial charge < -0.3 is 9.47 Å². The third-order valence-corrected chi connectivity index (χ3v) is 6.00. The molecule has 1 aliphatic rings. The lowest BCUT2D eigenvalue weighted by Crippen LogP contribution is -2.30. The van der Waals surface area contributed by atoms with E-state index in [-0.39, 0.29) is 32.4 Å². The standard InChI is InChI=1S/C20H15ClN2O8S/c1-30-19(26)11-7-12(20(27)31-2)9-13(8-11)22-32(28,29)14-3-4-15(21)16(10-14)23-17(24)5-6-18(23)25/h3-10,22H,1-2H3. The number of ether oxygens (including phenoxy) is 2. The Bertz CT molecular complexity index is 1230. The van der Waals surface area contributed by atoms with Crippen molar-refractivity contribution in [1.82, 2.24) is 0 Å². The van der Waals surface area contributed by atoms with Crippen LogP contribution in [0.5, 0.6) is 0 Å². The number of esters is 2. The largest absolute Gasteiger partial charge is 0.465 e. The molecule has 0 unspecified atom stereocenters. The normalized spacial score (nSPS) is 13.3. The molecule has 12 heteroatoms. The first-order chi connectivity index (χ1) is 15.1. The van der Waals surface area contributed by atoms with Gasteiger partial charge in [-0.2, -0.15) is 0 Å². The molecule has 1 heterocycles. The van der Waals surface area contributed by atoms with E-state index >= 15 is 0 Å². The van der Waals surface area contributed by atoms with Gasteiger partial charge in [-0.15, -0.1) is 0 Å². The van der Waals surface area contributed by atoms with Crippen LogP contribution in [0.15, 0.2) is 53.4 Å². The molecular weight excluding hydrogens is 464 g/mol. The van der Waals surface area contributed by atoms with Crippen LogP contribution in [-0.2, 0) is 29.1 Å². The molecule has 2 amide bonds. The van der Waals surface area contributed by atoms with Gasteiger partial charge in [-0.1, -0.05) is 11.6 Å². The summed E-state index contributed by atoms with van der Waals surface area (Å²) in [4.78, 5) is 48.1. The van der Waals surface area contributed by atoms with Crippen LogP contribution in [0.3, 0.4) is 0 Å². The fourth-order valence-electron chi connectivity index (χ4n) is 2.84. The fourth-order valence-corrected chi connectivity index (χ4v) is 4.10. The molecule has 32 heavy (non-hydrogen) atoms. The van der Waals surface area contributed by atoms with Gasteiger partial charge in [0.15, 0.2) is 0 Å². The summed E-state index contributed by atoms with van der Waals surface area (Å²) in [6, 6.07) is 6.97. The molecule has 0 aliphatic carbocycles. The van der Waals surface area contributed by atoms with E-state index in [9.17, 15) is 27.6 Å². The number of rotatable bonds is 6. The molecule has 0 saturated heterocycles. The Morgan fingerprint density at radius 2 is 1.44 bits per heavy atom. The highest BCUT2D eigenvalue weighted by atomic mass is 35.5. The average molecular weight is 479 g/mol. The minimum atomic E-state index is -4.30. The zero-order valence-electron chi connectivity index (χ0n) is 16.6. The van der Waals surface area contributed by atoms with Crippen LogP contribution in [0, 0.1) is 0 Å². The number of hydrogen-bond donors (Lipinski definition) is 1. The number of imide groups is 1. The number of nitrogens with one attached hydrogen (secondary N) is 1. The van der Waals surface area contributed by atoms with Gasteiger partial charge in [-0.25, -0.2) is 22.9 Å². The number of nitrogens with zero attached hydrogens (tertiary/aromatic N) is 1. The number of methoxy groups -OCH3 is 2. The summed E-state index contributed by atoms with van der Waals surface area (Å²) in [5.74, 6) is -2.95. The molecule has 0 saturated carbocycles. The van der Waals surface area contributed by atoms with Crippen molar-refractivity contribution < 1.29 is 37.1 Å². The first kappa shape index (κ1) is 23.0. The number of anilines is 2. The second kappa shape index (κ2) is 8.81. The van der Waals surface area contributed by atoms with Gasteiger partial charge in [0, 0.05) is 12.2 Å². The SMILES string of the molecule is COC(=O)c1cc(NS(=O)(=O)c2ccc(Cl)c(N3C(=O)C=CC3=O)c2)cc(C(=O)OC)c1. The Kier molecular flexibility index (Phi) is 6.32. The molecule has 0 spiro atoms. The van der Waals surface area contributed by atoms with E-state index in [1.165, 1.54) is 24.3 Å². The number of halogens is 1. The van der Waals surface area contributed by atoms with Crippen LogP contribution in [0.2, 0.25) is 5.02 Å². The van der Waals surface area contributed by atoms with E-state index in [1.54, 1.807) is 0 Å². The maximum absolute atomic E-state index is 13.0. The number of amides is 2. The third kappa shape index (κ3) is 4.48. The van der Waals surface area contributed by atoms with E-state index in [1.807, 2.05) is 0 Å². The van der Waals surface area contributed by atoms with E-state index < -0.39 is 33.8 Å². The molecule has 2 aromatic rings. The Balaban J connectivity index is 2.02. The summed E-state index contributed by atoms with van der Waals surface area (Å²) in [5, 5.41) is -0.0185. The van der Waals surface area contributed by atoms with Crippen LogP contribution < -0.4 is 9.62 Å². The number of hydrogen-bond acceptors (Lipinski definition) is 8. The fraction of sp³-hybridized carbons (Fsp3) is 0.100. The monoisotopic (exact) mass is 478 g/mol. The topological polar surface area (TPSA) is 136 Å². The summed E-state index contributed by atoms with van der Waals surface area (Å²) >= 11 is 6.07. The third-order valence-electron chi connectivity index (χ3n) is 4.31. The van der Waals surface area contributed by atoms with Crippen molar-refractivity contribution in [2.75, 3.05) is 23.8 Å². The number of sulfonamides is 1. The first-order valence-corrected chi connectivity index (χ1v) is 10.6. The van der Waals surface area contributed by atoms with Gasteiger partial charge in [0.05, 0.1) is 46.6 Å². The summed E-state index contributed by atoms with van der Waals surface area (Å²) < 4.78 is 37.4. The maximum Gasteiger partial charge on any atom is 0.337 e. The highest BCUT2D eigenvalue weighted by Crippen LogP contribution is 2.31. The van der Waals surface area contributed by atoms with Crippen LogP contribution >= 0.6 is 11.6 Å². The van der Waals surface area contributed by atoms with Crippen molar-refractivity contribution in [3.63, 3.8) is 0 Å². The van der Waals surface area contributed by atoms with Crippen molar-refractivity contribution >= 4 is 56.8 Å². The molecule has 3 rings (SSSR count). The molecule has 0 fully saturated rings. The van der Waals surface area contributed by atoms with Crippen molar-refractivity contribution in [3.8, 4) is 0 Å². The van der Waals surface area contributed by atoms with Gasteiger partial charge in [-0.3, -0.25) is 14.3 Å². The van der Waals surface area contributed by atoms with Crippen molar-refractivity contribution in [2.45, 2.75) is 4.90 Å². The second-order valence-electron chi connectivity index (χ2n) is 6.35. The minimum Gasteiger partial charge on any atom is -0.465 e. The Labute approximate surface area is 187 Å². The molecule has 10 nitrogen and oxygen atoms in total. The van der Waals surface area contributed by atoms with Gasteiger partial charge in [-0.05, 0) is 36.4 Å². The van der Waals surface area contributed by atoms with Crippen molar-refractivity contribution in [1.29, 1.82) is 0 Å². The van der Waals surface area contributed by atoms with Gasteiger partial charge >= 0.3 is 11.9 Å². The van der Waals surface area contributed by atoms with Crippen LogP contribution in [0.25, 0.3) is 0 Å². The molecule has 1 N–H and O–H groups in total. The summed E-state index contributed by atoms with van der Waals surface area (Å²) in [5.41, 5.74) is -0.429. The Morgan fingerprint density at radius 3 is 1.94 bits per heavy atom. The van der Waals surface area contributed by atoms with Crippen molar-refractivity contribution in [3.05, 3.63) is 64.7 Å². The molecule has 1 aliphatic heterocycles. The van der Waals surface area contributed by atoms with Gasteiger partial charge in [0.1, 0.15) is 0 Å². The molecule has 0 bridgehead atoms. The predicted octanol–water partition coefficient (Wildman–Crippen LogP) is 2.14. The van der Waals surface area contributed by atoms with Crippen LogP contribution in [-0.4, -0.2) is 46.4 Å². The number of benzene rings is 2. The van der Waals surface area contributed by atoms with Crippen molar-refractivity contribution in [2.24, 2.45) is 0 Å². The highest BCUT2D eigenvalue weighted by molar-refractivity contribution is 7.92. The zero-order valence-corrected chi connectivity index (χ0v) is 18.2. The summed E-state index contributed by atoms with van der Waals surface area (Å²) in [6.07, 6.45) is 2.06. The maximum atomic E-state index is 13.0. The van der Waals surface area contributed by atoms with E-state index in [2.05, 4.69) is 14.2 Å². The van der Waals surface area contributed by atoms with E-state index in [4.69, 9.17) is 11.6 Å². The lowest BCUT2D eigenvalue weighted by atomic mass is 10.1. The number of carbonyl (C=O) groups is 4. The molecule has 166 valence electrons. The van der Waals surface area contributed by atoms with Crippen LogP contribution in [0.4, 0.5) is 11.4 Å². The summed E-state index contributed by atoms with van der Waals surface area (Å²) in [7, 11) is -2.04. The first-order valence-electron chi connectivity index (χ1n) is 8.77. The lowest BCUT2D eigenvalue weighted by Gasteiger charge is -2.17. The summed E-state index contributed by atoms with van der Waals surface area (Å²) in [6.45, 7) is 0. The minimum absolute atomic E-state index is 0.0185. The smallest absolute Gasteiger partial charge is 0.337 e. The van der Waals surface area contributed by atoms with E-state index in [0.29, 0.717) is 0 Å². The lowest BCUT2D eigenvalue weighted by molar-refractivity contribution is -0.120. The van der Waals surface area contributed by atoms with Gasteiger partial charge in [0.25, 0.3) is 21.8 Å². The number of carbonyl (C=O) groups excluding carboxylic acids is 4.